The first-order chi connectivity index (χ1) is 8.18. The minimum absolute atomic E-state index is 0.668. The molecule has 0 aliphatic heterocycles. The lowest BCUT2D eigenvalue weighted by atomic mass is 10.1. The predicted molar refractivity (Wildman–Crippen MR) is 79.2 cm³/mol. The molecule has 1 fully saturated rings. The molecule has 0 amide bonds. The van der Waals surface area contributed by atoms with Gasteiger partial charge in [-0.15, -0.1) is 0 Å². The highest BCUT2D eigenvalue weighted by atomic mass is 127. The Morgan fingerprint density at radius 1 is 1.41 bits per heavy atom. The molecule has 0 unspecified atom stereocenters. The van der Waals surface area contributed by atoms with Gasteiger partial charge < -0.3 is 4.90 Å². The third-order valence-corrected chi connectivity index (χ3v) is 4.01. The molecule has 94 valence electrons. The molecule has 0 spiro atoms. The molecule has 1 heterocycles. The Morgan fingerprint density at radius 2 is 2.12 bits per heavy atom. The quantitative estimate of drug-likeness (QED) is 0.783. The van der Waals surface area contributed by atoms with E-state index < -0.39 is 0 Å². The number of nitrogens with zero attached hydrogens (tertiary/aromatic N) is 3. The fraction of sp³-hybridized carbons (Fsp3) is 0.692. The maximum atomic E-state index is 4.48. The first-order valence-corrected chi connectivity index (χ1v) is 7.48. The summed E-state index contributed by atoms with van der Waals surface area (Å²) in [6, 6.07) is 0.681. The zero-order valence-electron chi connectivity index (χ0n) is 10.6. The summed E-state index contributed by atoms with van der Waals surface area (Å²) >= 11 is 2.34. The number of halogens is 1. The third-order valence-electron chi connectivity index (χ3n) is 3.25. The molecule has 1 saturated carbocycles. The predicted octanol–water partition coefficient (Wildman–Crippen LogP) is 3.49. The summed E-state index contributed by atoms with van der Waals surface area (Å²) in [6.45, 7) is 5.64. The molecule has 3 nitrogen and oxygen atoms in total. The van der Waals surface area contributed by atoms with Crippen molar-refractivity contribution < 1.29 is 0 Å². The molecule has 1 aliphatic rings. The van der Waals surface area contributed by atoms with Crippen molar-refractivity contribution in [2.24, 2.45) is 5.92 Å². The number of rotatable bonds is 4. The summed E-state index contributed by atoms with van der Waals surface area (Å²) in [5.41, 5.74) is 0. The zero-order valence-corrected chi connectivity index (χ0v) is 12.7. The average Bonchev–Trinajstić information content (AvgIpc) is 2.80. The van der Waals surface area contributed by atoms with E-state index in [1.165, 1.54) is 25.7 Å². The van der Waals surface area contributed by atoms with Crippen LogP contribution in [0, 0.1) is 9.49 Å². The van der Waals surface area contributed by atoms with Gasteiger partial charge >= 0.3 is 0 Å². The van der Waals surface area contributed by atoms with Crippen molar-refractivity contribution >= 4 is 28.4 Å². The van der Waals surface area contributed by atoms with Gasteiger partial charge in [-0.2, -0.15) is 0 Å². The van der Waals surface area contributed by atoms with Crippen LogP contribution in [0.1, 0.15) is 39.5 Å². The highest BCUT2D eigenvalue weighted by Crippen LogP contribution is 2.29. The maximum Gasteiger partial charge on any atom is 0.145 e. The summed E-state index contributed by atoms with van der Waals surface area (Å²) < 4.78 is 1.16. The van der Waals surface area contributed by atoms with Crippen LogP contribution in [0.15, 0.2) is 12.5 Å². The second kappa shape index (κ2) is 5.98. The third kappa shape index (κ3) is 3.30. The minimum atomic E-state index is 0.668. The summed E-state index contributed by atoms with van der Waals surface area (Å²) in [6.07, 6.45) is 8.92. The number of aromatic nitrogens is 2. The van der Waals surface area contributed by atoms with E-state index in [4.69, 9.17) is 0 Å². The lowest BCUT2D eigenvalue weighted by molar-refractivity contribution is 0.530. The van der Waals surface area contributed by atoms with Crippen molar-refractivity contribution in [3.63, 3.8) is 0 Å². The van der Waals surface area contributed by atoms with Gasteiger partial charge in [0.2, 0.25) is 0 Å². The second-order valence-corrected chi connectivity index (χ2v) is 6.34. The second-order valence-electron chi connectivity index (χ2n) is 5.18. The van der Waals surface area contributed by atoms with E-state index in [0.29, 0.717) is 12.0 Å². The van der Waals surface area contributed by atoms with Gasteiger partial charge in [0.1, 0.15) is 12.1 Å². The fourth-order valence-electron chi connectivity index (χ4n) is 2.54. The van der Waals surface area contributed by atoms with Crippen LogP contribution < -0.4 is 4.90 Å². The van der Waals surface area contributed by atoms with Crippen LogP contribution in [0.25, 0.3) is 0 Å². The Balaban J connectivity index is 2.22. The number of hydrogen-bond acceptors (Lipinski definition) is 3. The lowest BCUT2D eigenvalue weighted by Gasteiger charge is -2.32. The van der Waals surface area contributed by atoms with E-state index in [-0.39, 0.29) is 0 Å². The van der Waals surface area contributed by atoms with Crippen molar-refractivity contribution in [3.05, 3.63) is 16.1 Å². The lowest BCUT2D eigenvalue weighted by Crippen LogP contribution is -2.37. The van der Waals surface area contributed by atoms with Gasteiger partial charge in [-0.3, -0.25) is 0 Å². The molecular formula is C13H20IN3. The topological polar surface area (TPSA) is 29.0 Å². The Kier molecular flexibility index (Phi) is 4.59. The van der Waals surface area contributed by atoms with Crippen molar-refractivity contribution in [2.75, 3.05) is 11.4 Å². The SMILES string of the molecule is CC(C)CN(c1ncncc1I)C1CCCC1. The highest BCUT2D eigenvalue weighted by Gasteiger charge is 2.25. The largest absolute Gasteiger partial charge is 0.352 e. The average molecular weight is 345 g/mol. The summed E-state index contributed by atoms with van der Waals surface area (Å²) in [7, 11) is 0. The van der Waals surface area contributed by atoms with Gasteiger partial charge in [0.05, 0.1) is 3.57 Å². The Hall–Kier alpha value is -0.390. The van der Waals surface area contributed by atoms with Crippen LogP contribution in [-0.4, -0.2) is 22.6 Å². The Morgan fingerprint density at radius 3 is 2.71 bits per heavy atom. The van der Waals surface area contributed by atoms with Crippen molar-refractivity contribution in [1.82, 2.24) is 9.97 Å². The van der Waals surface area contributed by atoms with Crippen LogP contribution in [0.4, 0.5) is 5.82 Å². The molecule has 1 aromatic heterocycles. The van der Waals surface area contributed by atoms with Crippen LogP contribution >= 0.6 is 22.6 Å². The van der Waals surface area contributed by atoms with E-state index in [9.17, 15) is 0 Å². The molecule has 0 bridgehead atoms. The van der Waals surface area contributed by atoms with E-state index in [0.717, 1.165) is 15.9 Å². The van der Waals surface area contributed by atoms with Crippen LogP contribution in [0.5, 0.6) is 0 Å². The first-order valence-electron chi connectivity index (χ1n) is 6.40. The molecule has 1 aromatic rings. The van der Waals surface area contributed by atoms with Gasteiger partial charge in [-0.1, -0.05) is 26.7 Å². The molecule has 0 saturated heterocycles. The van der Waals surface area contributed by atoms with Gasteiger partial charge in [-0.25, -0.2) is 9.97 Å². The van der Waals surface area contributed by atoms with Crippen LogP contribution in [-0.2, 0) is 0 Å². The Labute approximate surface area is 117 Å². The molecule has 0 aromatic carbocycles. The molecule has 0 N–H and O–H groups in total. The van der Waals surface area contributed by atoms with E-state index in [1.807, 2.05) is 6.20 Å². The summed E-state index contributed by atoms with van der Waals surface area (Å²) in [5, 5.41) is 0. The normalized spacial score (nSPS) is 16.7. The summed E-state index contributed by atoms with van der Waals surface area (Å²) in [4.78, 5) is 11.1. The van der Waals surface area contributed by atoms with E-state index in [2.05, 4.69) is 51.3 Å². The van der Waals surface area contributed by atoms with Crippen molar-refractivity contribution in [1.29, 1.82) is 0 Å². The van der Waals surface area contributed by atoms with Crippen LogP contribution in [0.3, 0.4) is 0 Å². The van der Waals surface area contributed by atoms with Gasteiger partial charge in [0, 0.05) is 18.8 Å². The molecule has 4 heteroatoms. The maximum absolute atomic E-state index is 4.48. The minimum Gasteiger partial charge on any atom is -0.352 e. The first kappa shape index (κ1) is 13.1. The molecule has 0 atom stereocenters. The molecule has 2 rings (SSSR count). The molecule has 17 heavy (non-hydrogen) atoms. The van der Waals surface area contributed by atoms with Gasteiger partial charge in [-0.05, 0) is 41.4 Å². The molecule has 0 radical (unpaired) electrons. The molecular weight excluding hydrogens is 325 g/mol. The van der Waals surface area contributed by atoms with Gasteiger partial charge in [0.25, 0.3) is 0 Å². The monoisotopic (exact) mass is 345 g/mol. The van der Waals surface area contributed by atoms with Gasteiger partial charge in [0.15, 0.2) is 0 Å². The van der Waals surface area contributed by atoms with E-state index >= 15 is 0 Å². The standard InChI is InChI=1S/C13H20IN3/c1-10(2)8-17(11-5-3-4-6-11)13-12(14)7-15-9-16-13/h7,9-11H,3-6,8H2,1-2H3. The Bertz CT molecular complexity index is 361. The van der Waals surface area contributed by atoms with Crippen molar-refractivity contribution in [2.45, 2.75) is 45.6 Å². The van der Waals surface area contributed by atoms with Crippen molar-refractivity contribution in [3.8, 4) is 0 Å². The summed E-state index contributed by atoms with van der Waals surface area (Å²) in [5.74, 6) is 1.79. The van der Waals surface area contributed by atoms with E-state index in [1.54, 1.807) is 6.33 Å². The molecule has 1 aliphatic carbocycles. The fourth-order valence-corrected chi connectivity index (χ4v) is 3.15. The highest BCUT2D eigenvalue weighted by molar-refractivity contribution is 14.1. The smallest absolute Gasteiger partial charge is 0.145 e. The van der Waals surface area contributed by atoms with Crippen LogP contribution in [0.2, 0.25) is 0 Å². The zero-order chi connectivity index (χ0) is 12.3. The number of hydrogen-bond donors (Lipinski definition) is 0. The number of anilines is 1.